The van der Waals surface area contributed by atoms with Crippen molar-refractivity contribution in [2.75, 3.05) is 11.9 Å². The number of anilines is 1. The molecule has 2 aromatic rings. The zero-order valence-corrected chi connectivity index (χ0v) is 11.3. The van der Waals surface area contributed by atoms with E-state index >= 15 is 0 Å². The number of carbonyl (C=O) groups excluding carboxylic acids is 1. The Bertz CT molecular complexity index is 558. The van der Waals surface area contributed by atoms with Crippen LogP contribution in [0.5, 0.6) is 0 Å². The van der Waals surface area contributed by atoms with Crippen LogP contribution in [0.2, 0.25) is 5.15 Å². The Balaban J connectivity index is 1.98. The van der Waals surface area contributed by atoms with Crippen molar-refractivity contribution in [1.82, 2.24) is 15.0 Å². The first-order chi connectivity index (χ1) is 8.70. The molecular formula is C11H11ClN4OS. The average molecular weight is 283 g/mol. The summed E-state index contributed by atoms with van der Waals surface area (Å²) < 4.78 is 0. The van der Waals surface area contributed by atoms with Gasteiger partial charge in [-0.15, -0.1) is 11.3 Å². The number of hydrogen-bond donors (Lipinski definition) is 1. The number of carbonyl (C=O) groups is 1. The molecular weight excluding hydrogens is 272 g/mol. The molecule has 0 atom stereocenters. The quantitative estimate of drug-likeness (QED) is 0.673. The van der Waals surface area contributed by atoms with Crippen LogP contribution in [-0.2, 0) is 6.42 Å². The number of rotatable bonds is 5. The zero-order valence-electron chi connectivity index (χ0n) is 9.68. The predicted molar refractivity (Wildman–Crippen MR) is 71.5 cm³/mol. The smallest absolute Gasteiger partial charge is 0.156 e. The molecule has 0 amide bonds. The summed E-state index contributed by atoms with van der Waals surface area (Å²) in [6, 6.07) is 0. The monoisotopic (exact) mass is 282 g/mol. The number of nitrogens with one attached hydrogen (secondary N) is 1. The molecule has 0 radical (unpaired) electrons. The molecule has 0 aromatic carbocycles. The second-order valence-electron chi connectivity index (χ2n) is 3.60. The molecule has 0 fully saturated rings. The van der Waals surface area contributed by atoms with Crippen LogP contribution in [0.25, 0.3) is 0 Å². The molecule has 0 spiro atoms. The van der Waals surface area contributed by atoms with Gasteiger partial charge in [-0.25, -0.2) is 15.0 Å². The van der Waals surface area contributed by atoms with E-state index in [-0.39, 0.29) is 10.7 Å². The standard InChI is InChI=1S/C11H11ClN4OS/c1-7-5-18-9(16-7)2-3-13-11-8(4-17)10(12)14-6-15-11/h4-6H,2-3H2,1H3,(H,13,14,15). The van der Waals surface area contributed by atoms with Crippen LogP contribution < -0.4 is 5.32 Å². The van der Waals surface area contributed by atoms with Gasteiger partial charge in [0, 0.05) is 24.0 Å². The summed E-state index contributed by atoms with van der Waals surface area (Å²) >= 11 is 7.41. The Morgan fingerprint density at radius 3 is 3.00 bits per heavy atom. The highest BCUT2D eigenvalue weighted by atomic mass is 35.5. The summed E-state index contributed by atoms with van der Waals surface area (Å²) in [5, 5.41) is 6.28. The summed E-state index contributed by atoms with van der Waals surface area (Å²) in [6.07, 6.45) is 2.75. The molecule has 2 heterocycles. The Kier molecular flexibility index (Phi) is 4.22. The van der Waals surface area contributed by atoms with Crippen molar-refractivity contribution in [3.8, 4) is 0 Å². The van der Waals surface area contributed by atoms with Gasteiger partial charge in [-0.1, -0.05) is 11.6 Å². The summed E-state index contributed by atoms with van der Waals surface area (Å²) in [5.74, 6) is 0.457. The third-order valence-electron chi connectivity index (χ3n) is 2.25. The van der Waals surface area contributed by atoms with Crippen LogP contribution in [-0.4, -0.2) is 27.8 Å². The van der Waals surface area contributed by atoms with E-state index in [0.717, 1.165) is 17.1 Å². The first-order valence-electron chi connectivity index (χ1n) is 5.31. The molecule has 0 aliphatic rings. The highest BCUT2D eigenvalue weighted by molar-refractivity contribution is 7.09. The molecule has 94 valence electrons. The molecule has 0 unspecified atom stereocenters. The van der Waals surface area contributed by atoms with Gasteiger partial charge in [-0.05, 0) is 6.92 Å². The molecule has 0 saturated heterocycles. The van der Waals surface area contributed by atoms with Gasteiger partial charge in [0.2, 0.25) is 0 Å². The SMILES string of the molecule is Cc1csc(CCNc2ncnc(Cl)c2C=O)n1. The first-order valence-corrected chi connectivity index (χ1v) is 6.57. The van der Waals surface area contributed by atoms with E-state index in [1.807, 2.05) is 12.3 Å². The Labute approximate surface area is 113 Å². The normalized spacial score (nSPS) is 10.3. The van der Waals surface area contributed by atoms with Crippen LogP contribution in [0.3, 0.4) is 0 Å². The average Bonchev–Trinajstić information content (AvgIpc) is 2.75. The molecule has 2 aromatic heterocycles. The van der Waals surface area contributed by atoms with E-state index in [2.05, 4.69) is 20.3 Å². The maximum Gasteiger partial charge on any atom is 0.156 e. The fourth-order valence-electron chi connectivity index (χ4n) is 1.42. The van der Waals surface area contributed by atoms with Gasteiger partial charge in [0.1, 0.15) is 17.3 Å². The maximum atomic E-state index is 10.9. The minimum absolute atomic E-state index is 0.160. The number of halogens is 1. The van der Waals surface area contributed by atoms with Crippen molar-refractivity contribution in [1.29, 1.82) is 0 Å². The largest absolute Gasteiger partial charge is 0.369 e. The first kappa shape index (κ1) is 12.9. The van der Waals surface area contributed by atoms with E-state index in [1.54, 1.807) is 11.3 Å². The van der Waals surface area contributed by atoms with E-state index in [1.165, 1.54) is 6.33 Å². The van der Waals surface area contributed by atoms with E-state index in [9.17, 15) is 4.79 Å². The zero-order chi connectivity index (χ0) is 13.0. The van der Waals surface area contributed by atoms with Gasteiger partial charge >= 0.3 is 0 Å². The minimum atomic E-state index is 0.160. The van der Waals surface area contributed by atoms with Crippen LogP contribution in [0.4, 0.5) is 5.82 Å². The summed E-state index contributed by atoms with van der Waals surface area (Å²) in [7, 11) is 0. The highest BCUT2D eigenvalue weighted by Gasteiger charge is 2.08. The van der Waals surface area contributed by atoms with Crippen molar-refractivity contribution in [3.63, 3.8) is 0 Å². The molecule has 0 aliphatic heterocycles. The highest BCUT2D eigenvalue weighted by Crippen LogP contribution is 2.17. The van der Waals surface area contributed by atoms with Crippen LogP contribution in [0.15, 0.2) is 11.7 Å². The molecule has 18 heavy (non-hydrogen) atoms. The minimum Gasteiger partial charge on any atom is -0.369 e. The fraction of sp³-hybridized carbons (Fsp3) is 0.273. The number of hydrogen-bond acceptors (Lipinski definition) is 6. The van der Waals surface area contributed by atoms with Gasteiger partial charge in [-0.3, -0.25) is 4.79 Å². The molecule has 5 nitrogen and oxygen atoms in total. The Hall–Kier alpha value is -1.53. The van der Waals surface area contributed by atoms with E-state index in [0.29, 0.717) is 18.6 Å². The lowest BCUT2D eigenvalue weighted by Gasteiger charge is -2.06. The topological polar surface area (TPSA) is 67.8 Å². The Morgan fingerprint density at radius 2 is 2.33 bits per heavy atom. The van der Waals surface area contributed by atoms with Crippen molar-refractivity contribution >= 4 is 35.0 Å². The molecule has 7 heteroatoms. The second kappa shape index (κ2) is 5.88. The van der Waals surface area contributed by atoms with Crippen molar-refractivity contribution in [3.05, 3.63) is 33.1 Å². The van der Waals surface area contributed by atoms with E-state index < -0.39 is 0 Å². The predicted octanol–water partition coefficient (Wildman–Crippen LogP) is 2.36. The van der Waals surface area contributed by atoms with Gasteiger partial charge in [0.25, 0.3) is 0 Å². The van der Waals surface area contributed by atoms with Crippen molar-refractivity contribution in [2.45, 2.75) is 13.3 Å². The second-order valence-corrected chi connectivity index (χ2v) is 4.90. The lowest BCUT2D eigenvalue weighted by Crippen LogP contribution is -2.09. The lowest BCUT2D eigenvalue weighted by atomic mass is 10.3. The van der Waals surface area contributed by atoms with Gasteiger partial charge < -0.3 is 5.32 Å². The number of aldehydes is 1. The number of aromatic nitrogens is 3. The Morgan fingerprint density at radius 1 is 1.50 bits per heavy atom. The molecule has 0 bridgehead atoms. The molecule has 2 rings (SSSR count). The summed E-state index contributed by atoms with van der Waals surface area (Å²) in [4.78, 5) is 23.0. The van der Waals surface area contributed by atoms with Gasteiger partial charge in [0.05, 0.1) is 10.6 Å². The summed E-state index contributed by atoms with van der Waals surface area (Å²) in [5.41, 5.74) is 1.31. The van der Waals surface area contributed by atoms with Crippen molar-refractivity contribution in [2.24, 2.45) is 0 Å². The molecule has 0 saturated carbocycles. The van der Waals surface area contributed by atoms with Gasteiger partial charge in [0.15, 0.2) is 6.29 Å². The maximum absolute atomic E-state index is 10.9. The lowest BCUT2D eigenvalue weighted by molar-refractivity contribution is 0.112. The molecule has 1 N–H and O–H groups in total. The number of nitrogens with zero attached hydrogens (tertiary/aromatic N) is 3. The molecule has 0 aliphatic carbocycles. The van der Waals surface area contributed by atoms with Gasteiger partial charge in [-0.2, -0.15) is 0 Å². The van der Waals surface area contributed by atoms with Crippen LogP contribution in [0, 0.1) is 6.92 Å². The number of thiazole rings is 1. The number of aryl methyl sites for hydroxylation is 1. The van der Waals surface area contributed by atoms with Crippen molar-refractivity contribution < 1.29 is 4.79 Å². The van der Waals surface area contributed by atoms with E-state index in [4.69, 9.17) is 11.6 Å². The fourth-order valence-corrected chi connectivity index (χ4v) is 2.38. The third kappa shape index (κ3) is 3.02. The van der Waals surface area contributed by atoms with Crippen LogP contribution in [0.1, 0.15) is 21.1 Å². The third-order valence-corrected chi connectivity index (χ3v) is 3.58. The van der Waals surface area contributed by atoms with Crippen LogP contribution >= 0.6 is 22.9 Å². The summed E-state index contributed by atoms with van der Waals surface area (Å²) in [6.45, 7) is 2.60.